The van der Waals surface area contributed by atoms with Crippen LogP contribution in [0.3, 0.4) is 0 Å². The molecule has 4 heteroatoms. The number of hydrogen-bond acceptors (Lipinski definition) is 2. The topological polar surface area (TPSA) is 56.4 Å². The predicted octanol–water partition coefficient (Wildman–Crippen LogP) is 17.5. The zero-order valence-electron chi connectivity index (χ0n) is 43.9. The Hall–Kier alpha value is -6.88. The van der Waals surface area contributed by atoms with E-state index in [1.807, 2.05) is 0 Å². The molecule has 70 heavy (non-hydrogen) atoms. The van der Waals surface area contributed by atoms with Gasteiger partial charge in [-0.05, 0) is 175 Å². The Morgan fingerprint density at radius 3 is 1.01 bits per heavy atom. The zero-order valence-corrected chi connectivity index (χ0v) is 43.9. The third kappa shape index (κ3) is 4.52. The second-order valence-corrected chi connectivity index (χ2v) is 25.0. The average Bonchev–Trinajstić information content (AvgIpc) is 4.04. The third-order valence-corrected chi connectivity index (χ3v) is 21.0. The van der Waals surface area contributed by atoms with Crippen LogP contribution in [0.15, 0.2) is 84.9 Å². The molecule has 0 N–H and O–H groups in total. The van der Waals surface area contributed by atoms with Gasteiger partial charge in [-0.25, -0.2) is 0 Å². The molecule has 0 bridgehead atoms. The van der Waals surface area contributed by atoms with E-state index in [0.29, 0.717) is 0 Å². The number of benzene rings is 7. The van der Waals surface area contributed by atoms with Gasteiger partial charge < -0.3 is 8.80 Å². The SMILES string of the molecule is Cc1cccc(C)c1-c1cc2c3cc4c(cc3n3c5cc(C#N)c6c(c5c(c1)c23)C(C)(C)C(C)(C)C6(C)C)c1cc(-c2c(C)cccc2C)cc2c3c5c(c(C#N)cc3n4c12)C(C)(C)C(C)(C)C5(C)C. The number of nitrogens with zero attached hydrogens (tertiary/aromatic N) is 4. The van der Waals surface area contributed by atoms with Gasteiger partial charge in [0.15, 0.2) is 0 Å². The maximum absolute atomic E-state index is 11.2. The number of hydrogen-bond donors (Lipinski definition) is 0. The number of rotatable bonds is 2. The lowest BCUT2D eigenvalue weighted by Gasteiger charge is -2.44. The normalized spacial score (nSPS) is 18.4. The highest BCUT2D eigenvalue weighted by Crippen LogP contribution is 2.66. The lowest BCUT2D eigenvalue weighted by Crippen LogP contribution is -2.42. The zero-order chi connectivity index (χ0) is 49.6. The number of nitriles is 2. The number of aryl methyl sites for hydroxylation is 4. The predicted molar refractivity (Wildman–Crippen MR) is 295 cm³/mol. The quantitative estimate of drug-likeness (QED) is 0.173. The summed E-state index contributed by atoms with van der Waals surface area (Å²) in [5.74, 6) is 0. The summed E-state index contributed by atoms with van der Waals surface area (Å²) in [7, 11) is 0. The monoisotopic (exact) mass is 910 g/mol. The maximum Gasteiger partial charge on any atom is 0.0995 e. The van der Waals surface area contributed by atoms with Gasteiger partial charge >= 0.3 is 0 Å². The molecule has 0 atom stereocenters. The van der Waals surface area contributed by atoms with Crippen LogP contribution in [0, 0.1) is 61.2 Å². The van der Waals surface area contributed by atoms with E-state index in [0.717, 1.165) is 33.2 Å². The summed E-state index contributed by atoms with van der Waals surface area (Å²) in [4.78, 5) is 0. The summed E-state index contributed by atoms with van der Waals surface area (Å²) in [5.41, 5.74) is 22.3. The molecule has 0 unspecified atom stereocenters. The second kappa shape index (κ2) is 12.7. The van der Waals surface area contributed by atoms with Crippen molar-refractivity contribution < 1.29 is 0 Å². The van der Waals surface area contributed by atoms with E-state index in [1.165, 1.54) is 121 Å². The van der Waals surface area contributed by atoms with Crippen LogP contribution < -0.4 is 0 Å². The molecule has 2 aliphatic rings. The molecule has 346 valence electrons. The van der Waals surface area contributed by atoms with Crippen molar-refractivity contribution >= 4 is 76.2 Å². The van der Waals surface area contributed by atoms with E-state index in [4.69, 9.17) is 0 Å². The standard InChI is InChI=1S/C66H62N4/c1-33-19-17-20-34(2)51(33)37-23-43-41-29-48-42(30-47(41)69-49-27-39(31-67)55-57(53(49)45(25-37)59(43)69)63(9,10)65(13,14)61(55,5)6)44-24-38(52-35(3)21-18-22-36(52)4)26-46-54-50(70(48)60(44)46)28-40(32-68)56-58(54)64(11,12)66(15,16)62(56,7)8/h17-30H,1-16H3. The first-order chi connectivity index (χ1) is 32.9. The van der Waals surface area contributed by atoms with Crippen molar-refractivity contribution in [2.24, 2.45) is 10.8 Å². The molecule has 0 fully saturated rings. The highest BCUT2D eigenvalue weighted by molar-refractivity contribution is 6.31. The van der Waals surface area contributed by atoms with Crippen LogP contribution >= 0.6 is 0 Å². The second-order valence-electron chi connectivity index (χ2n) is 25.0. The minimum atomic E-state index is -0.246. The lowest BCUT2D eigenvalue weighted by atomic mass is 9.59. The highest BCUT2D eigenvalue weighted by atomic mass is 14.9. The van der Waals surface area contributed by atoms with Gasteiger partial charge in [-0.3, -0.25) is 0 Å². The Morgan fingerprint density at radius 1 is 0.371 bits per heavy atom. The average molecular weight is 911 g/mol. The molecule has 0 saturated heterocycles. The molecule has 4 heterocycles. The first-order valence-electron chi connectivity index (χ1n) is 25.4. The van der Waals surface area contributed by atoms with Crippen molar-refractivity contribution in [3.8, 4) is 34.4 Å². The highest BCUT2D eigenvalue weighted by Gasteiger charge is 2.60. The van der Waals surface area contributed by atoms with Crippen LogP contribution in [0.25, 0.3) is 98.4 Å². The van der Waals surface area contributed by atoms with E-state index in [-0.39, 0.29) is 32.5 Å². The molecule has 13 rings (SSSR count). The van der Waals surface area contributed by atoms with Gasteiger partial charge in [0.05, 0.1) is 56.4 Å². The van der Waals surface area contributed by atoms with Crippen LogP contribution in [-0.4, -0.2) is 8.80 Å². The van der Waals surface area contributed by atoms with Gasteiger partial charge in [0, 0.05) is 43.1 Å². The minimum absolute atomic E-state index is 0.138. The molecule has 0 spiro atoms. The van der Waals surface area contributed by atoms with Crippen molar-refractivity contribution in [3.63, 3.8) is 0 Å². The largest absolute Gasteiger partial charge is 0.308 e. The summed E-state index contributed by atoms with van der Waals surface area (Å²) in [6.45, 7) is 37.6. The summed E-state index contributed by atoms with van der Waals surface area (Å²) < 4.78 is 5.04. The molecule has 0 saturated carbocycles. The molecule has 0 aliphatic heterocycles. The molecule has 11 aromatic rings. The molecule has 4 aromatic heterocycles. The van der Waals surface area contributed by atoms with Crippen molar-refractivity contribution in [1.82, 2.24) is 8.80 Å². The fourth-order valence-electron chi connectivity index (χ4n) is 15.3. The van der Waals surface area contributed by atoms with Crippen molar-refractivity contribution in [2.75, 3.05) is 0 Å². The van der Waals surface area contributed by atoms with Gasteiger partial charge in [-0.1, -0.05) is 119 Å². The molecule has 0 radical (unpaired) electrons. The van der Waals surface area contributed by atoms with E-state index >= 15 is 0 Å². The Morgan fingerprint density at radius 2 is 0.686 bits per heavy atom. The molecule has 4 nitrogen and oxygen atoms in total. The molecule has 7 aromatic carbocycles. The Bertz CT molecular complexity index is 4020. The van der Waals surface area contributed by atoms with Gasteiger partial charge in [0.1, 0.15) is 0 Å². The van der Waals surface area contributed by atoms with E-state index in [1.54, 1.807) is 0 Å². The number of fused-ring (bicyclic) bond motifs is 16. The summed E-state index contributed by atoms with van der Waals surface area (Å²) in [6, 6.07) is 38.0. The lowest BCUT2D eigenvalue weighted by molar-refractivity contribution is 0.125. The van der Waals surface area contributed by atoms with Crippen LogP contribution in [0.1, 0.15) is 139 Å². The maximum atomic E-state index is 11.2. The van der Waals surface area contributed by atoms with Crippen LogP contribution in [-0.2, 0) is 21.7 Å². The van der Waals surface area contributed by atoms with Gasteiger partial charge in [0.2, 0.25) is 0 Å². The molecular weight excluding hydrogens is 849 g/mol. The third-order valence-electron chi connectivity index (χ3n) is 21.0. The van der Waals surface area contributed by atoms with Gasteiger partial charge in [0.25, 0.3) is 0 Å². The Labute approximate surface area is 411 Å². The summed E-state index contributed by atoms with van der Waals surface area (Å²) >= 11 is 0. The summed E-state index contributed by atoms with van der Waals surface area (Å²) in [6.07, 6.45) is 0. The Balaban J connectivity index is 1.28. The Kier molecular flexibility index (Phi) is 7.84. The van der Waals surface area contributed by atoms with Crippen LogP contribution in [0.4, 0.5) is 0 Å². The van der Waals surface area contributed by atoms with Crippen molar-refractivity contribution in [3.05, 3.63) is 141 Å². The van der Waals surface area contributed by atoms with Crippen molar-refractivity contribution in [1.29, 1.82) is 10.5 Å². The number of aromatic nitrogens is 2. The minimum Gasteiger partial charge on any atom is -0.308 e. The fourth-order valence-corrected chi connectivity index (χ4v) is 15.3. The molecular formula is C66H62N4. The van der Waals surface area contributed by atoms with Gasteiger partial charge in [-0.2, -0.15) is 10.5 Å². The van der Waals surface area contributed by atoms with Gasteiger partial charge in [-0.15, -0.1) is 0 Å². The molecule has 2 aliphatic carbocycles. The van der Waals surface area contributed by atoms with Crippen LogP contribution in [0.5, 0.6) is 0 Å². The first-order valence-corrected chi connectivity index (χ1v) is 25.4. The van der Waals surface area contributed by atoms with Crippen molar-refractivity contribution in [2.45, 2.75) is 132 Å². The van der Waals surface area contributed by atoms with Crippen LogP contribution in [0.2, 0.25) is 0 Å². The fraction of sp³-hybridized carbons (Fsp3) is 0.333. The first kappa shape index (κ1) is 43.2. The smallest absolute Gasteiger partial charge is 0.0995 e. The van der Waals surface area contributed by atoms with E-state index < -0.39 is 0 Å². The molecule has 0 amide bonds. The summed E-state index contributed by atoms with van der Waals surface area (Å²) in [5, 5.41) is 32.2. The van der Waals surface area contributed by atoms with E-state index in [2.05, 4.69) is 217 Å². The van der Waals surface area contributed by atoms with E-state index in [9.17, 15) is 10.5 Å².